The molecule has 5 heteroatoms. The minimum atomic E-state index is -0.363. The number of carbonyl (C=O) groups excluding carboxylic acids is 1. The highest BCUT2D eigenvalue weighted by atomic mass is 79.9. The number of amides is 1. The summed E-state index contributed by atoms with van der Waals surface area (Å²) in [5.74, 6) is 0.0734. The molecule has 0 radical (unpaired) electrons. The average Bonchev–Trinajstić information content (AvgIpc) is 2.34. The predicted octanol–water partition coefficient (Wildman–Crippen LogP) is 2.91. The Hall–Kier alpha value is -0.940. The minimum absolute atomic E-state index is 0.104. The molecule has 0 aromatic heterocycles. The summed E-state index contributed by atoms with van der Waals surface area (Å²) in [4.78, 5) is 12.1. The molecule has 98 valence electrons. The van der Waals surface area contributed by atoms with E-state index < -0.39 is 0 Å². The molecule has 1 amide bonds. The molecule has 0 spiro atoms. The molecule has 2 rings (SSSR count). The Morgan fingerprint density at radius 3 is 3.06 bits per heavy atom. The van der Waals surface area contributed by atoms with Crippen molar-refractivity contribution in [1.29, 1.82) is 0 Å². The molecule has 1 aromatic rings. The van der Waals surface area contributed by atoms with E-state index in [2.05, 4.69) is 33.5 Å². The van der Waals surface area contributed by atoms with Crippen molar-refractivity contribution in [1.82, 2.24) is 5.32 Å². The van der Waals surface area contributed by atoms with Gasteiger partial charge in [-0.05, 0) is 59.4 Å². The molecule has 1 saturated heterocycles. The van der Waals surface area contributed by atoms with Crippen LogP contribution in [0.4, 0.5) is 10.1 Å². The SMILES string of the molecule is CC1CCNC(C(=O)Nc2cc(F)ccc2Br)C1. The van der Waals surface area contributed by atoms with Crippen molar-refractivity contribution in [3.63, 3.8) is 0 Å². The van der Waals surface area contributed by atoms with Crippen molar-refractivity contribution in [3.05, 3.63) is 28.5 Å². The molecule has 2 N–H and O–H groups in total. The van der Waals surface area contributed by atoms with Gasteiger partial charge in [0.15, 0.2) is 0 Å². The fourth-order valence-electron chi connectivity index (χ4n) is 2.12. The maximum absolute atomic E-state index is 13.1. The average molecular weight is 315 g/mol. The molecule has 2 unspecified atom stereocenters. The van der Waals surface area contributed by atoms with Crippen molar-refractivity contribution < 1.29 is 9.18 Å². The van der Waals surface area contributed by atoms with Crippen LogP contribution in [-0.4, -0.2) is 18.5 Å². The molecule has 3 nitrogen and oxygen atoms in total. The lowest BCUT2D eigenvalue weighted by molar-refractivity contribution is -0.119. The second kappa shape index (κ2) is 5.80. The van der Waals surface area contributed by atoms with Crippen LogP contribution in [-0.2, 0) is 4.79 Å². The number of hydrogen-bond acceptors (Lipinski definition) is 2. The van der Waals surface area contributed by atoms with Crippen molar-refractivity contribution in [2.24, 2.45) is 5.92 Å². The van der Waals surface area contributed by atoms with Crippen LogP contribution in [0.3, 0.4) is 0 Å². The second-order valence-electron chi connectivity index (χ2n) is 4.75. The summed E-state index contributed by atoms with van der Waals surface area (Å²) in [6.45, 7) is 2.99. The number of benzene rings is 1. The van der Waals surface area contributed by atoms with Gasteiger partial charge in [-0.1, -0.05) is 6.92 Å². The van der Waals surface area contributed by atoms with Gasteiger partial charge in [0.2, 0.25) is 5.91 Å². The van der Waals surface area contributed by atoms with Crippen LogP contribution in [0, 0.1) is 11.7 Å². The van der Waals surface area contributed by atoms with Gasteiger partial charge >= 0.3 is 0 Å². The highest BCUT2D eigenvalue weighted by molar-refractivity contribution is 9.10. The maximum Gasteiger partial charge on any atom is 0.241 e. The molecule has 0 saturated carbocycles. The molecule has 1 aliphatic rings. The van der Waals surface area contributed by atoms with E-state index in [1.807, 2.05) is 0 Å². The van der Waals surface area contributed by atoms with Crippen LogP contribution in [0.5, 0.6) is 0 Å². The number of piperidine rings is 1. The standard InChI is InChI=1S/C13H16BrFN2O/c1-8-4-5-16-12(6-8)13(18)17-11-7-9(15)2-3-10(11)14/h2-3,7-8,12,16H,4-6H2,1H3,(H,17,18). The first kappa shape index (κ1) is 13.5. The molecule has 1 aliphatic heterocycles. The van der Waals surface area contributed by atoms with Crippen LogP contribution in [0.1, 0.15) is 19.8 Å². The van der Waals surface area contributed by atoms with E-state index >= 15 is 0 Å². The Morgan fingerprint density at radius 1 is 1.56 bits per heavy atom. The number of anilines is 1. The monoisotopic (exact) mass is 314 g/mol. The van der Waals surface area contributed by atoms with Gasteiger partial charge in [-0.3, -0.25) is 4.79 Å². The summed E-state index contributed by atoms with van der Waals surface area (Å²) < 4.78 is 13.8. The van der Waals surface area contributed by atoms with Crippen LogP contribution < -0.4 is 10.6 Å². The Kier molecular flexibility index (Phi) is 4.35. The number of rotatable bonds is 2. The predicted molar refractivity (Wildman–Crippen MR) is 72.9 cm³/mol. The molecule has 1 fully saturated rings. The summed E-state index contributed by atoms with van der Waals surface area (Å²) in [5, 5.41) is 5.94. The van der Waals surface area contributed by atoms with Gasteiger partial charge in [-0.2, -0.15) is 0 Å². The zero-order valence-corrected chi connectivity index (χ0v) is 11.8. The molecule has 1 aromatic carbocycles. The molecular formula is C13H16BrFN2O. The fourth-order valence-corrected chi connectivity index (χ4v) is 2.47. The largest absolute Gasteiger partial charge is 0.324 e. The molecular weight excluding hydrogens is 299 g/mol. The summed E-state index contributed by atoms with van der Waals surface area (Å²) in [6, 6.07) is 4.06. The van der Waals surface area contributed by atoms with E-state index in [1.54, 1.807) is 6.07 Å². The van der Waals surface area contributed by atoms with E-state index in [9.17, 15) is 9.18 Å². The van der Waals surface area contributed by atoms with Crippen molar-refractivity contribution in [3.8, 4) is 0 Å². The molecule has 18 heavy (non-hydrogen) atoms. The van der Waals surface area contributed by atoms with Crippen molar-refractivity contribution in [2.75, 3.05) is 11.9 Å². The third-order valence-corrected chi connectivity index (χ3v) is 3.86. The normalized spacial score (nSPS) is 23.7. The van der Waals surface area contributed by atoms with E-state index in [4.69, 9.17) is 0 Å². The summed E-state index contributed by atoms with van der Waals surface area (Å²) in [7, 11) is 0. The van der Waals surface area contributed by atoms with E-state index in [0.717, 1.165) is 19.4 Å². The molecule has 0 bridgehead atoms. The first-order valence-electron chi connectivity index (χ1n) is 6.05. The van der Waals surface area contributed by atoms with Gasteiger partial charge in [0.25, 0.3) is 0 Å². The highest BCUT2D eigenvalue weighted by Crippen LogP contribution is 2.24. The second-order valence-corrected chi connectivity index (χ2v) is 5.60. The number of halogens is 2. The summed E-state index contributed by atoms with van der Waals surface area (Å²) >= 11 is 3.29. The number of hydrogen-bond donors (Lipinski definition) is 2. The van der Waals surface area contributed by atoms with E-state index in [1.165, 1.54) is 12.1 Å². The van der Waals surface area contributed by atoms with Crippen LogP contribution >= 0.6 is 15.9 Å². The molecule has 0 aliphatic carbocycles. The summed E-state index contributed by atoms with van der Waals surface area (Å²) in [5.41, 5.74) is 0.472. The molecule has 2 atom stereocenters. The lowest BCUT2D eigenvalue weighted by Gasteiger charge is -2.27. The third-order valence-electron chi connectivity index (χ3n) is 3.17. The summed E-state index contributed by atoms with van der Waals surface area (Å²) in [6.07, 6.45) is 1.91. The van der Waals surface area contributed by atoms with Crippen molar-refractivity contribution in [2.45, 2.75) is 25.8 Å². The first-order valence-corrected chi connectivity index (χ1v) is 6.85. The Morgan fingerprint density at radius 2 is 2.33 bits per heavy atom. The van der Waals surface area contributed by atoms with Gasteiger partial charge in [0.1, 0.15) is 5.82 Å². The van der Waals surface area contributed by atoms with Crippen LogP contribution in [0.2, 0.25) is 0 Å². The lowest BCUT2D eigenvalue weighted by Crippen LogP contribution is -2.45. The molecule has 1 heterocycles. The smallest absolute Gasteiger partial charge is 0.241 e. The van der Waals surface area contributed by atoms with Gasteiger partial charge in [-0.25, -0.2) is 4.39 Å². The van der Waals surface area contributed by atoms with Gasteiger partial charge in [0.05, 0.1) is 11.7 Å². The zero-order chi connectivity index (χ0) is 13.1. The minimum Gasteiger partial charge on any atom is -0.324 e. The Bertz CT molecular complexity index is 453. The highest BCUT2D eigenvalue weighted by Gasteiger charge is 2.24. The number of nitrogens with one attached hydrogen (secondary N) is 2. The van der Waals surface area contributed by atoms with Crippen LogP contribution in [0.15, 0.2) is 22.7 Å². The van der Waals surface area contributed by atoms with Gasteiger partial charge < -0.3 is 10.6 Å². The van der Waals surface area contributed by atoms with E-state index in [-0.39, 0.29) is 17.8 Å². The van der Waals surface area contributed by atoms with Crippen molar-refractivity contribution >= 4 is 27.5 Å². The lowest BCUT2D eigenvalue weighted by atomic mass is 9.94. The fraction of sp³-hybridized carbons (Fsp3) is 0.462. The van der Waals surface area contributed by atoms with Gasteiger partial charge in [0, 0.05) is 4.47 Å². The maximum atomic E-state index is 13.1. The number of carbonyl (C=O) groups is 1. The Balaban J connectivity index is 2.04. The quantitative estimate of drug-likeness (QED) is 0.881. The van der Waals surface area contributed by atoms with Crippen LogP contribution in [0.25, 0.3) is 0 Å². The topological polar surface area (TPSA) is 41.1 Å². The first-order chi connectivity index (χ1) is 8.56. The third kappa shape index (κ3) is 3.29. The zero-order valence-electron chi connectivity index (χ0n) is 10.2. The van der Waals surface area contributed by atoms with E-state index in [0.29, 0.717) is 16.1 Å². The Labute approximate surface area is 114 Å². The van der Waals surface area contributed by atoms with Gasteiger partial charge in [-0.15, -0.1) is 0 Å².